The molecule has 0 aliphatic rings. The minimum atomic E-state index is -0.732. The molecule has 3 aromatic rings. The third-order valence-electron chi connectivity index (χ3n) is 4.11. The Balaban J connectivity index is 1.79. The lowest BCUT2D eigenvalue weighted by molar-refractivity contribution is 0.264. The summed E-state index contributed by atoms with van der Waals surface area (Å²) in [5.74, 6) is -1.40. The average Bonchev–Trinajstić information content (AvgIpc) is 3.03. The van der Waals surface area contributed by atoms with Crippen molar-refractivity contribution in [2.45, 2.75) is 19.9 Å². The molecule has 0 fully saturated rings. The van der Waals surface area contributed by atoms with E-state index in [1.54, 1.807) is 32.0 Å². The fraction of sp³-hybridized carbons (Fsp3) is 0.200. The number of rotatable bonds is 7. The number of ether oxygens (including phenoxy) is 1. The SMILES string of the molecule is Cc1cc(Oc2cc(F)cc(F)c2)ccc1Nc1snc(O)c1C(=N)NC(C)CO. The van der Waals surface area contributed by atoms with Gasteiger partial charge in [-0.2, -0.15) is 4.37 Å². The molecule has 5 N–H and O–H groups in total. The first-order valence-corrected chi connectivity index (χ1v) is 9.70. The first-order chi connectivity index (χ1) is 14.3. The minimum Gasteiger partial charge on any atom is -0.492 e. The number of anilines is 2. The normalized spacial score (nSPS) is 11.8. The second-order valence-electron chi connectivity index (χ2n) is 6.62. The van der Waals surface area contributed by atoms with Crippen LogP contribution in [0.3, 0.4) is 0 Å². The first-order valence-electron chi connectivity index (χ1n) is 8.93. The smallest absolute Gasteiger partial charge is 0.236 e. The van der Waals surface area contributed by atoms with E-state index in [-0.39, 0.29) is 35.7 Å². The molecule has 0 aliphatic carbocycles. The summed E-state index contributed by atoms with van der Waals surface area (Å²) in [5.41, 5.74) is 1.61. The van der Waals surface area contributed by atoms with Gasteiger partial charge in [-0.3, -0.25) is 5.41 Å². The third kappa shape index (κ3) is 5.02. The molecule has 3 rings (SSSR count). The zero-order valence-electron chi connectivity index (χ0n) is 16.2. The van der Waals surface area contributed by atoms with Gasteiger partial charge in [-0.15, -0.1) is 0 Å². The van der Waals surface area contributed by atoms with E-state index in [0.717, 1.165) is 35.3 Å². The molecular formula is C20H20F2N4O3S. The number of hydrogen-bond acceptors (Lipinski definition) is 7. The summed E-state index contributed by atoms with van der Waals surface area (Å²) in [6.45, 7) is 3.34. The zero-order valence-corrected chi connectivity index (χ0v) is 17.0. The maximum atomic E-state index is 13.3. The van der Waals surface area contributed by atoms with Crippen LogP contribution in [0.5, 0.6) is 17.4 Å². The maximum absolute atomic E-state index is 13.3. The van der Waals surface area contributed by atoms with Crippen LogP contribution in [0.15, 0.2) is 36.4 Å². The molecule has 1 atom stereocenters. The molecule has 2 aromatic carbocycles. The van der Waals surface area contributed by atoms with Gasteiger partial charge in [0.05, 0.1) is 6.61 Å². The van der Waals surface area contributed by atoms with Gasteiger partial charge in [0.1, 0.15) is 39.5 Å². The van der Waals surface area contributed by atoms with E-state index in [1.165, 1.54) is 0 Å². The zero-order chi connectivity index (χ0) is 21.8. The molecule has 0 aliphatic heterocycles. The van der Waals surface area contributed by atoms with Crippen molar-refractivity contribution in [3.8, 4) is 17.4 Å². The molecule has 0 saturated carbocycles. The molecule has 158 valence electrons. The van der Waals surface area contributed by atoms with E-state index in [9.17, 15) is 13.9 Å². The molecule has 10 heteroatoms. The summed E-state index contributed by atoms with van der Waals surface area (Å²) in [6, 6.07) is 7.58. The maximum Gasteiger partial charge on any atom is 0.236 e. The second-order valence-corrected chi connectivity index (χ2v) is 7.40. The van der Waals surface area contributed by atoms with Gasteiger partial charge in [-0.25, -0.2) is 8.78 Å². The van der Waals surface area contributed by atoms with E-state index in [0.29, 0.717) is 16.4 Å². The number of aromatic hydroxyl groups is 1. The number of aryl methyl sites for hydroxylation is 1. The van der Waals surface area contributed by atoms with Gasteiger partial charge >= 0.3 is 0 Å². The fourth-order valence-corrected chi connectivity index (χ4v) is 3.35. The highest BCUT2D eigenvalue weighted by atomic mass is 32.1. The number of benzene rings is 2. The molecule has 0 bridgehead atoms. The van der Waals surface area contributed by atoms with Gasteiger partial charge in [0, 0.05) is 29.9 Å². The molecule has 1 aromatic heterocycles. The minimum absolute atomic E-state index is 0.0415. The number of aliphatic hydroxyl groups excluding tert-OH is 1. The highest BCUT2D eigenvalue weighted by molar-refractivity contribution is 7.11. The number of halogens is 2. The second kappa shape index (κ2) is 9.06. The van der Waals surface area contributed by atoms with Crippen LogP contribution in [0.1, 0.15) is 18.1 Å². The summed E-state index contributed by atoms with van der Waals surface area (Å²) in [6.07, 6.45) is 0. The van der Waals surface area contributed by atoms with Gasteiger partial charge < -0.3 is 25.6 Å². The van der Waals surface area contributed by atoms with Crippen LogP contribution < -0.4 is 15.4 Å². The van der Waals surface area contributed by atoms with Crippen molar-refractivity contribution in [1.29, 1.82) is 5.41 Å². The van der Waals surface area contributed by atoms with Crippen LogP contribution in [0.4, 0.5) is 19.5 Å². The summed E-state index contributed by atoms with van der Waals surface area (Å²) >= 11 is 0.984. The van der Waals surface area contributed by atoms with Gasteiger partial charge in [0.25, 0.3) is 0 Å². The van der Waals surface area contributed by atoms with Crippen molar-refractivity contribution in [3.63, 3.8) is 0 Å². The standard InChI is InChI=1S/C20H20F2N4O3S/c1-10-5-14(29-15-7-12(21)6-13(22)8-15)3-4-16(10)25-20-17(19(28)26-30-20)18(23)24-11(2)9-27/h3-8,11,25,27H,9H2,1-2H3,(H2,23,24)(H,26,28). The molecule has 7 nitrogen and oxygen atoms in total. The van der Waals surface area contributed by atoms with E-state index < -0.39 is 11.6 Å². The number of hydrogen-bond donors (Lipinski definition) is 5. The monoisotopic (exact) mass is 434 g/mol. The Kier molecular flexibility index (Phi) is 6.48. The lowest BCUT2D eigenvalue weighted by Gasteiger charge is -2.15. The number of amidine groups is 1. The Bertz CT molecular complexity index is 1050. The Morgan fingerprint density at radius 3 is 2.53 bits per heavy atom. The van der Waals surface area contributed by atoms with E-state index in [2.05, 4.69) is 15.0 Å². The quantitative estimate of drug-likeness (QED) is 0.281. The van der Waals surface area contributed by atoms with Crippen LogP contribution in [0, 0.1) is 24.0 Å². The topological polar surface area (TPSA) is 110 Å². The molecule has 0 radical (unpaired) electrons. The van der Waals surface area contributed by atoms with E-state index >= 15 is 0 Å². The fourth-order valence-electron chi connectivity index (χ4n) is 2.64. The van der Waals surface area contributed by atoms with Crippen LogP contribution >= 0.6 is 11.5 Å². The van der Waals surface area contributed by atoms with Crippen molar-refractivity contribution < 1.29 is 23.7 Å². The van der Waals surface area contributed by atoms with Crippen molar-refractivity contribution in [2.75, 3.05) is 11.9 Å². The number of nitrogens with one attached hydrogen (secondary N) is 3. The van der Waals surface area contributed by atoms with Crippen molar-refractivity contribution in [2.24, 2.45) is 0 Å². The molecule has 30 heavy (non-hydrogen) atoms. The van der Waals surface area contributed by atoms with E-state index in [1.807, 2.05) is 0 Å². The lowest BCUT2D eigenvalue weighted by atomic mass is 10.2. The Hall–Kier alpha value is -3.24. The summed E-state index contributed by atoms with van der Waals surface area (Å²) in [7, 11) is 0. The highest BCUT2D eigenvalue weighted by Gasteiger charge is 2.20. The van der Waals surface area contributed by atoms with E-state index in [4.69, 9.17) is 15.3 Å². The number of aromatic nitrogens is 1. The van der Waals surface area contributed by atoms with Crippen LogP contribution in [0.25, 0.3) is 0 Å². The lowest BCUT2D eigenvalue weighted by Crippen LogP contribution is -2.35. The van der Waals surface area contributed by atoms with Gasteiger partial charge in [-0.05, 0) is 49.1 Å². The molecule has 1 heterocycles. The molecular weight excluding hydrogens is 414 g/mol. The first kappa shape index (κ1) is 21.5. The van der Waals surface area contributed by atoms with Gasteiger partial charge in [0.15, 0.2) is 0 Å². The van der Waals surface area contributed by atoms with Gasteiger partial charge in [0.2, 0.25) is 5.88 Å². The van der Waals surface area contributed by atoms with Crippen molar-refractivity contribution >= 4 is 28.1 Å². The number of aliphatic hydroxyl groups is 1. The average molecular weight is 434 g/mol. The highest BCUT2D eigenvalue weighted by Crippen LogP contribution is 2.34. The Labute approximate surface area is 175 Å². The summed E-state index contributed by atoms with van der Waals surface area (Å²) in [4.78, 5) is 0. The third-order valence-corrected chi connectivity index (χ3v) is 4.86. The van der Waals surface area contributed by atoms with Crippen LogP contribution in [-0.2, 0) is 0 Å². The molecule has 1 unspecified atom stereocenters. The predicted molar refractivity (Wildman–Crippen MR) is 111 cm³/mol. The van der Waals surface area contributed by atoms with Gasteiger partial charge in [-0.1, -0.05) is 0 Å². The summed E-state index contributed by atoms with van der Waals surface area (Å²) < 4.78 is 36.1. The number of nitrogens with zero attached hydrogens (tertiary/aromatic N) is 1. The van der Waals surface area contributed by atoms with Crippen LogP contribution in [0.2, 0.25) is 0 Å². The molecule has 0 amide bonds. The van der Waals surface area contributed by atoms with Crippen LogP contribution in [-0.4, -0.2) is 33.1 Å². The van der Waals surface area contributed by atoms with Crippen molar-refractivity contribution in [3.05, 3.63) is 59.2 Å². The van der Waals surface area contributed by atoms with Crippen molar-refractivity contribution in [1.82, 2.24) is 9.69 Å². The predicted octanol–water partition coefficient (Wildman–Crippen LogP) is 4.27. The Morgan fingerprint density at radius 2 is 1.90 bits per heavy atom. The Morgan fingerprint density at radius 1 is 1.20 bits per heavy atom. The summed E-state index contributed by atoms with van der Waals surface area (Å²) in [5, 5.41) is 33.7. The molecule has 0 spiro atoms. The largest absolute Gasteiger partial charge is 0.492 e. The molecule has 0 saturated heterocycles.